The fourth-order valence-corrected chi connectivity index (χ4v) is 0.522. The first kappa shape index (κ1) is 10.5. The summed E-state index contributed by atoms with van der Waals surface area (Å²) in [7, 11) is 0. The Kier molecular flexibility index (Phi) is 5.42. The normalized spacial score (nSPS) is 9.75. The van der Waals surface area contributed by atoms with Gasteiger partial charge < -0.3 is 15.8 Å². The molecule has 0 amide bonds. The lowest BCUT2D eigenvalue weighted by atomic mass is 10.5. The van der Waals surface area contributed by atoms with Crippen molar-refractivity contribution >= 4 is 11.9 Å². The number of nitrogens with one attached hydrogen (secondary N) is 2. The SMILES string of the molecule is C/C=C/C(=O)OCCNC(=N)N. The highest BCUT2D eigenvalue weighted by Crippen LogP contribution is 1.79. The first-order valence-electron chi connectivity index (χ1n) is 3.54. The minimum atomic E-state index is -0.386. The van der Waals surface area contributed by atoms with Gasteiger partial charge in [-0.05, 0) is 6.92 Å². The minimum absolute atomic E-state index is 0.128. The molecule has 0 unspecified atom stereocenters. The molecule has 0 aliphatic carbocycles. The third-order valence-corrected chi connectivity index (χ3v) is 0.965. The van der Waals surface area contributed by atoms with E-state index in [1.54, 1.807) is 13.0 Å². The Morgan fingerprint density at radius 3 is 2.92 bits per heavy atom. The Morgan fingerprint density at radius 2 is 2.42 bits per heavy atom. The van der Waals surface area contributed by atoms with Crippen molar-refractivity contribution in [2.45, 2.75) is 6.92 Å². The third kappa shape index (κ3) is 6.60. The molecule has 4 N–H and O–H groups in total. The van der Waals surface area contributed by atoms with Crippen LogP contribution < -0.4 is 11.1 Å². The fraction of sp³-hybridized carbons (Fsp3) is 0.429. The van der Waals surface area contributed by atoms with Gasteiger partial charge in [0.2, 0.25) is 0 Å². The molecule has 0 aliphatic heterocycles. The summed E-state index contributed by atoms with van der Waals surface area (Å²) in [5.41, 5.74) is 4.99. The largest absolute Gasteiger partial charge is 0.461 e. The van der Waals surface area contributed by atoms with Crippen LogP contribution in [0.3, 0.4) is 0 Å². The molecule has 0 aromatic rings. The standard InChI is InChI=1S/C7H13N3O2/c1-2-3-6(11)12-5-4-10-7(8)9/h2-3H,4-5H2,1H3,(H4,8,9,10)/b3-2+. The van der Waals surface area contributed by atoms with Gasteiger partial charge in [0.05, 0.1) is 6.54 Å². The Hall–Kier alpha value is -1.52. The highest BCUT2D eigenvalue weighted by Gasteiger charge is 1.94. The molecule has 0 saturated heterocycles. The summed E-state index contributed by atoms with van der Waals surface area (Å²) in [6.45, 7) is 2.30. The van der Waals surface area contributed by atoms with Gasteiger partial charge in [-0.1, -0.05) is 6.08 Å². The number of hydrogen-bond donors (Lipinski definition) is 3. The molecule has 0 aromatic carbocycles. The number of rotatable bonds is 4. The molecule has 0 saturated carbocycles. The number of ether oxygens (including phenoxy) is 1. The van der Waals surface area contributed by atoms with E-state index < -0.39 is 0 Å². The van der Waals surface area contributed by atoms with E-state index in [0.29, 0.717) is 6.54 Å². The van der Waals surface area contributed by atoms with Gasteiger partial charge in [0.15, 0.2) is 5.96 Å². The number of guanidine groups is 1. The van der Waals surface area contributed by atoms with E-state index in [0.717, 1.165) is 0 Å². The van der Waals surface area contributed by atoms with Gasteiger partial charge in [0.1, 0.15) is 6.61 Å². The Balaban J connectivity index is 3.31. The van der Waals surface area contributed by atoms with Crippen LogP contribution in [0.2, 0.25) is 0 Å². The van der Waals surface area contributed by atoms with Crippen LogP contribution >= 0.6 is 0 Å². The van der Waals surface area contributed by atoms with Gasteiger partial charge in [-0.25, -0.2) is 4.79 Å². The van der Waals surface area contributed by atoms with Crippen LogP contribution in [-0.4, -0.2) is 25.1 Å². The van der Waals surface area contributed by atoms with Crippen LogP contribution in [0.5, 0.6) is 0 Å². The van der Waals surface area contributed by atoms with Gasteiger partial charge in [-0.2, -0.15) is 0 Å². The predicted molar refractivity (Wildman–Crippen MR) is 45.7 cm³/mol. The average molecular weight is 171 g/mol. The Labute approximate surface area is 71.1 Å². The predicted octanol–water partition coefficient (Wildman–Crippen LogP) is -0.411. The second-order valence-electron chi connectivity index (χ2n) is 2.01. The molecule has 0 aliphatic rings. The second kappa shape index (κ2) is 6.21. The molecule has 5 nitrogen and oxygen atoms in total. The van der Waals surface area contributed by atoms with Crippen LogP contribution in [0.1, 0.15) is 6.92 Å². The maximum absolute atomic E-state index is 10.7. The van der Waals surface area contributed by atoms with E-state index in [4.69, 9.17) is 15.9 Å². The number of hydrogen-bond acceptors (Lipinski definition) is 3. The minimum Gasteiger partial charge on any atom is -0.461 e. The molecule has 0 spiro atoms. The zero-order chi connectivity index (χ0) is 9.40. The van der Waals surface area contributed by atoms with Gasteiger partial charge in [0, 0.05) is 6.08 Å². The van der Waals surface area contributed by atoms with Crippen molar-refractivity contribution in [2.75, 3.05) is 13.2 Å². The van der Waals surface area contributed by atoms with Crippen molar-refractivity contribution < 1.29 is 9.53 Å². The number of allylic oxidation sites excluding steroid dienone is 1. The van der Waals surface area contributed by atoms with E-state index in [1.165, 1.54) is 6.08 Å². The zero-order valence-corrected chi connectivity index (χ0v) is 6.96. The van der Waals surface area contributed by atoms with Crippen LogP contribution in [0.25, 0.3) is 0 Å². The monoisotopic (exact) mass is 171 g/mol. The number of carbonyl (C=O) groups is 1. The van der Waals surface area contributed by atoms with Crippen LogP contribution in [0, 0.1) is 5.41 Å². The van der Waals surface area contributed by atoms with Gasteiger partial charge in [-0.15, -0.1) is 0 Å². The van der Waals surface area contributed by atoms with Crippen molar-refractivity contribution in [3.63, 3.8) is 0 Å². The molecule has 5 heteroatoms. The summed E-state index contributed by atoms with van der Waals surface area (Å²) < 4.78 is 4.69. The van der Waals surface area contributed by atoms with Crippen molar-refractivity contribution in [1.29, 1.82) is 5.41 Å². The summed E-state index contributed by atoms with van der Waals surface area (Å²) in [6, 6.07) is 0. The second-order valence-corrected chi connectivity index (χ2v) is 2.01. The molecule has 0 rings (SSSR count). The molecule has 12 heavy (non-hydrogen) atoms. The number of carbonyl (C=O) groups excluding carboxylic acids is 1. The van der Waals surface area contributed by atoms with Crippen molar-refractivity contribution in [3.8, 4) is 0 Å². The lowest BCUT2D eigenvalue weighted by Gasteiger charge is -2.02. The number of esters is 1. The van der Waals surface area contributed by atoms with Gasteiger partial charge >= 0.3 is 5.97 Å². The highest BCUT2D eigenvalue weighted by atomic mass is 16.5. The zero-order valence-electron chi connectivity index (χ0n) is 6.96. The lowest BCUT2D eigenvalue weighted by molar-refractivity contribution is -0.137. The Morgan fingerprint density at radius 1 is 1.75 bits per heavy atom. The third-order valence-electron chi connectivity index (χ3n) is 0.965. The van der Waals surface area contributed by atoms with Crippen molar-refractivity contribution in [1.82, 2.24) is 5.32 Å². The first-order chi connectivity index (χ1) is 5.66. The Bertz CT molecular complexity index is 189. The van der Waals surface area contributed by atoms with E-state index in [9.17, 15) is 4.79 Å². The maximum Gasteiger partial charge on any atom is 0.330 e. The molecule has 68 valence electrons. The molecule has 0 heterocycles. The van der Waals surface area contributed by atoms with E-state index >= 15 is 0 Å². The summed E-state index contributed by atoms with van der Waals surface area (Å²) in [6.07, 6.45) is 2.93. The molecule has 0 aromatic heterocycles. The van der Waals surface area contributed by atoms with Crippen LogP contribution in [-0.2, 0) is 9.53 Å². The molecule has 0 atom stereocenters. The molecular weight excluding hydrogens is 158 g/mol. The molecule has 0 radical (unpaired) electrons. The lowest BCUT2D eigenvalue weighted by Crippen LogP contribution is -2.33. The quantitative estimate of drug-likeness (QED) is 0.176. The first-order valence-corrected chi connectivity index (χ1v) is 3.54. The average Bonchev–Trinajstić information content (AvgIpc) is 1.98. The topological polar surface area (TPSA) is 88.2 Å². The summed E-state index contributed by atoms with van der Waals surface area (Å²) in [4.78, 5) is 10.7. The summed E-state index contributed by atoms with van der Waals surface area (Å²) >= 11 is 0. The van der Waals surface area contributed by atoms with E-state index in [-0.39, 0.29) is 18.5 Å². The van der Waals surface area contributed by atoms with E-state index in [2.05, 4.69) is 5.32 Å². The smallest absolute Gasteiger partial charge is 0.330 e. The van der Waals surface area contributed by atoms with E-state index in [1.807, 2.05) is 0 Å². The molecular formula is C7H13N3O2. The van der Waals surface area contributed by atoms with Crippen LogP contribution in [0.15, 0.2) is 12.2 Å². The molecule has 0 bridgehead atoms. The van der Waals surface area contributed by atoms with Gasteiger partial charge in [-0.3, -0.25) is 5.41 Å². The van der Waals surface area contributed by atoms with Crippen molar-refractivity contribution in [2.24, 2.45) is 5.73 Å². The van der Waals surface area contributed by atoms with Crippen LogP contribution in [0.4, 0.5) is 0 Å². The van der Waals surface area contributed by atoms with Gasteiger partial charge in [0.25, 0.3) is 0 Å². The maximum atomic E-state index is 10.7. The fourth-order valence-electron chi connectivity index (χ4n) is 0.522. The summed E-state index contributed by atoms with van der Waals surface area (Å²) in [5.74, 6) is -0.514. The van der Waals surface area contributed by atoms with Crippen molar-refractivity contribution in [3.05, 3.63) is 12.2 Å². The number of nitrogens with two attached hydrogens (primary N) is 1. The highest BCUT2D eigenvalue weighted by molar-refractivity contribution is 5.81. The molecule has 0 fully saturated rings. The summed E-state index contributed by atoms with van der Waals surface area (Å²) in [5, 5.41) is 9.28.